The van der Waals surface area contributed by atoms with Crippen LogP contribution in [-0.2, 0) is 19.1 Å². The van der Waals surface area contributed by atoms with Crippen LogP contribution in [0.4, 0.5) is 0 Å². The van der Waals surface area contributed by atoms with Gasteiger partial charge in [0.25, 0.3) is 5.91 Å². The molecule has 0 aromatic rings. The molecular formula is C14H23NO4. The van der Waals surface area contributed by atoms with E-state index in [1.54, 1.807) is 11.8 Å². The van der Waals surface area contributed by atoms with E-state index in [0.29, 0.717) is 6.54 Å². The van der Waals surface area contributed by atoms with Crippen molar-refractivity contribution in [3.8, 4) is 0 Å². The molecule has 5 nitrogen and oxygen atoms in total. The largest absolute Gasteiger partial charge is 0.463 e. The molecular weight excluding hydrogens is 246 g/mol. The van der Waals surface area contributed by atoms with Crippen LogP contribution in [0.1, 0.15) is 46.5 Å². The van der Waals surface area contributed by atoms with Crippen LogP contribution < -0.4 is 0 Å². The molecule has 0 N–H and O–H groups in total. The molecule has 2 heterocycles. The lowest BCUT2D eigenvalue weighted by atomic mass is 9.89. The summed E-state index contributed by atoms with van der Waals surface area (Å²) in [6.07, 6.45) is 3.66. The van der Waals surface area contributed by atoms with Crippen LogP contribution in [-0.4, -0.2) is 41.8 Å². The number of esters is 1. The number of rotatable bonds is 3. The number of amides is 1. The molecule has 0 unspecified atom stereocenters. The Kier molecular flexibility index (Phi) is 4.13. The Morgan fingerprint density at radius 1 is 1.47 bits per heavy atom. The van der Waals surface area contributed by atoms with Gasteiger partial charge in [0.15, 0.2) is 0 Å². The molecule has 19 heavy (non-hydrogen) atoms. The molecule has 0 aromatic carbocycles. The topological polar surface area (TPSA) is 55.8 Å². The van der Waals surface area contributed by atoms with Gasteiger partial charge in [-0.3, -0.25) is 4.79 Å². The van der Waals surface area contributed by atoms with Crippen LogP contribution in [0, 0.1) is 5.92 Å². The molecule has 5 heteroatoms. The predicted octanol–water partition coefficient (Wildman–Crippen LogP) is 1.70. The van der Waals surface area contributed by atoms with E-state index in [9.17, 15) is 9.59 Å². The maximum atomic E-state index is 12.7. The van der Waals surface area contributed by atoms with Gasteiger partial charge in [-0.05, 0) is 26.2 Å². The lowest BCUT2D eigenvalue weighted by molar-refractivity contribution is -0.179. The van der Waals surface area contributed by atoms with Crippen molar-refractivity contribution < 1.29 is 19.1 Å². The molecule has 0 aromatic heterocycles. The van der Waals surface area contributed by atoms with Gasteiger partial charge in [-0.25, -0.2) is 4.79 Å². The summed E-state index contributed by atoms with van der Waals surface area (Å²) in [5.74, 6) is -0.984. The SMILES string of the molecule is CCOC(=O)[C@@]1(C(C)C)O[C@H]2CCCCCN2C1=O. The minimum Gasteiger partial charge on any atom is -0.463 e. The highest BCUT2D eigenvalue weighted by molar-refractivity contribution is 6.07. The van der Waals surface area contributed by atoms with Gasteiger partial charge in [0, 0.05) is 12.5 Å². The van der Waals surface area contributed by atoms with Gasteiger partial charge >= 0.3 is 5.97 Å². The molecule has 2 fully saturated rings. The maximum absolute atomic E-state index is 12.7. The Labute approximate surface area is 114 Å². The molecule has 0 radical (unpaired) electrons. The van der Waals surface area contributed by atoms with Gasteiger partial charge in [0.1, 0.15) is 6.23 Å². The number of nitrogens with zero attached hydrogens (tertiary/aromatic N) is 1. The lowest BCUT2D eigenvalue weighted by Gasteiger charge is -2.27. The molecule has 108 valence electrons. The van der Waals surface area contributed by atoms with Crippen LogP contribution in [0.15, 0.2) is 0 Å². The normalized spacial score (nSPS) is 31.3. The summed E-state index contributed by atoms with van der Waals surface area (Å²) < 4.78 is 11.0. The van der Waals surface area contributed by atoms with Crippen molar-refractivity contribution in [2.45, 2.75) is 58.3 Å². The van der Waals surface area contributed by atoms with Gasteiger partial charge in [-0.15, -0.1) is 0 Å². The van der Waals surface area contributed by atoms with E-state index in [4.69, 9.17) is 9.47 Å². The highest BCUT2D eigenvalue weighted by atomic mass is 16.6. The molecule has 2 saturated heterocycles. The van der Waals surface area contributed by atoms with Gasteiger partial charge in [0.2, 0.25) is 5.60 Å². The van der Waals surface area contributed by atoms with Crippen LogP contribution >= 0.6 is 0 Å². The molecule has 2 atom stereocenters. The number of carbonyl (C=O) groups is 2. The summed E-state index contributed by atoms with van der Waals surface area (Å²) >= 11 is 0. The molecule has 0 spiro atoms. The first kappa shape index (κ1) is 14.3. The van der Waals surface area contributed by atoms with E-state index in [1.807, 2.05) is 13.8 Å². The number of carbonyl (C=O) groups excluding carboxylic acids is 2. The van der Waals surface area contributed by atoms with Crippen molar-refractivity contribution in [1.82, 2.24) is 4.90 Å². The van der Waals surface area contributed by atoms with E-state index in [0.717, 1.165) is 25.7 Å². The van der Waals surface area contributed by atoms with Crippen molar-refractivity contribution in [3.63, 3.8) is 0 Å². The number of hydrogen-bond donors (Lipinski definition) is 0. The van der Waals surface area contributed by atoms with Gasteiger partial charge in [0.05, 0.1) is 6.61 Å². The molecule has 0 aliphatic carbocycles. The lowest BCUT2D eigenvalue weighted by Crippen LogP contribution is -2.52. The summed E-state index contributed by atoms with van der Waals surface area (Å²) in [6, 6.07) is 0. The van der Waals surface area contributed by atoms with E-state index in [-0.39, 0.29) is 24.7 Å². The minimum absolute atomic E-state index is 0.215. The van der Waals surface area contributed by atoms with E-state index < -0.39 is 11.6 Å². The summed E-state index contributed by atoms with van der Waals surface area (Å²) in [4.78, 5) is 26.7. The van der Waals surface area contributed by atoms with Crippen LogP contribution in [0.2, 0.25) is 0 Å². The monoisotopic (exact) mass is 269 g/mol. The Morgan fingerprint density at radius 3 is 2.84 bits per heavy atom. The van der Waals surface area contributed by atoms with Gasteiger partial charge in [-0.2, -0.15) is 0 Å². The minimum atomic E-state index is -1.43. The van der Waals surface area contributed by atoms with E-state index in [2.05, 4.69) is 0 Å². The first-order valence-corrected chi connectivity index (χ1v) is 7.20. The standard InChI is InChI=1S/C14H23NO4/c1-4-18-13(17)14(10(2)3)12(16)15-9-7-5-6-8-11(15)19-14/h10-11H,4-9H2,1-3H3/t11-,14-/m0/s1. The summed E-state index contributed by atoms with van der Waals surface area (Å²) in [7, 11) is 0. The Morgan fingerprint density at radius 2 is 2.21 bits per heavy atom. The van der Waals surface area contributed by atoms with Crippen LogP contribution in [0.5, 0.6) is 0 Å². The zero-order valence-electron chi connectivity index (χ0n) is 12.0. The van der Waals surface area contributed by atoms with E-state index >= 15 is 0 Å². The number of fused-ring (bicyclic) bond motifs is 1. The third-order valence-electron chi connectivity index (χ3n) is 3.99. The Balaban J connectivity index is 2.30. The van der Waals surface area contributed by atoms with Gasteiger partial charge in [-0.1, -0.05) is 20.3 Å². The molecule has 2 aliphatic heterocycles. The van der Waals surface area contributed by atoms with Crippen molar-refractivity contribution in [3.05, 3.63) is 0 Å². The summed E-state index contributed by atoms with van der Waals surface area (Å²) in [6.45, 7) is 6.35. The predicted molar refractivity (Wildman–Crippen MR) is 69.3 cm³/mol. The molecule has 0 saturated carbocycles. The highest BCUT2D eigenvalue weighted by Gasteiger charge is 2.61. The van der Waals surface area contributed by atoms with E-state index in [1.165, 1.54) is 0 Å². The average Bonchev–Trinajstić information content (AvgIpc) is 2.53. The molecule has 2 rings (SSSR count). The van der Waals surface area contributed by atoms with Crippen molar-refractivity contribution >= 4 is 11.9 Å². The first-order valence-electron chi connectivity index (χ1n) is 7.20. The fraction of sp³-hybridized carbons (Fsp3) is 0.857. The van der Waals surface area contributed by atoms with Gasteiger partial charge < -0.3 is 14.4 Å². The van der Waals surface area contributed by atoms with Crippen molar-refractivity contribution in [1.29, 1.82) is 0 Å². The Hall–Kier alpha value is -1.10. The smallest absolute Gasteiger partial charge is 0.348 e. The van der Waals surface area contributed by atoms with Crippen LogP contribution in [0.25, 0.3) is 0 Å². The summed E-state index contributed by atoms with van der Waals surface area (Å²) in [5.41, 5.74) is -1.43. The van der Waals surface area contributed by atoms with Crippen molar-refractivity contribution in [2.24, 2.45) is 5.92 Å². The third kappa shape index (κ3) is 2.24. The van der Waals surface area contributed by atoms with Crippen molar-refractivity contribution in [2.75, 3.05) is 13.2 Å². The number of hydrogen-bond acceptors (Lipinski definition) is 4. The quantitative estimate of drug-likeness (QED) is 0.578. The van der Waals surface area contributed by atoms with Crippen LogP contribution in [0.3, 0.4) is 0 Å². The fourth-order valence-electron chi connectivity index (χ4n) is 2.90. The molecule has 2 aliphatic rings. The fourth-order valence-corrected chi connectivity index (χ4v) is 2.90. The second kappa shape index (κ2) is 5.49. The second-order valence-electron chi connectivity index (χ2n) is 5.53. The summed E-state index contributed by atoms with van der Waals surface area (Å²) in [5, 5.41) is 0. The average molecular weight is 269 g/mol. The highest BCUT2D eigenvalue weighted by Crippen LogP contribution is 2.38. The Bertz CT molecular complexity index is 368. The number of ether oxygens (including phenoxy) is 2. The second-order valence-corrected chi connectivity index (χ2v) is 5.53. The maximum Gasteiger partial charge on any atom is 0.348 e. The zero-order valence-corrected chi connectivity index (χ0v) is 12.0. The molecule has 1 amide bonds. The molecule has 0 bridgehead atoms. The third-order valence-corrected chi connectivity index (χ3v) is 3.99. The first-order chi connectivity index (χ1) is 9.04. The zero-order chi connectivity index (χ0) is 14.0.